The van der Waals surface area contributed by atoms with E-state index >= 15 is 0 Å². The molecule has 14 nitrogen and oxygen atoms in total. The third kappa shape index (κ3) is 900. The third-order valence-corrected chi connectivity index (χ3v) is 0. The molecule has 18 heavy (non-hydrogen) atoms. The van der Waals surface area contributed by atoms with Crippen LogP contribution in [0.15, 0.2) is 5.34 Å². The van der Waals surface area contributed by atoms with Crippen LogP contribution in [0.5, 0.6) is 0 Å². The van der Waals surface area contributed by atoms with Crippen molar-refractivity contribution in [1.29, 1.82) is 0 Å². The first-order valence-corrected chi connectivity index (χ1v) is 1.21. The monoisotopic (exact) mass is 293 g/mol. The second-order valence-corrected chi connectivity index (χ2v) is 0.0745. The van der Waals surface area contributed by atoms with Crippen molar-refractivity contribution in [3.05, 3.63) is 30.0 Å². The van der Waals surface area contributed by atoms with Crippen LogP contribution in [0.1, 0.15) is 29.7 Å². The number of nitrogens with zero attached hydrogens (tertiary/aromatic N) is 1. The van der Waals surface area contributed by atoms with Crippen molar-refractivity contribution in [2.75, 3.05) is 0 Å². The molecule has 0 aromatic carbocycles. The molecule has 0 spiro atoms. The van der Waals surface area contributed by atoms with E-state index in [1.165, 1.54) is 0 Å². The summed E-state index contributed by atoms with van der Waals surface area (Å²) in [5.74, 6) is 7.00. The first-order valence-electron chi connectivity index (χ1n) is 1.21. The van der Waals surface area contributed by atoms with Gasteiger partial charge in [0.1, 0.15) is 0 Å². The van der Waals surface area contributed by atoms with Crippen LogP contribution in [-0.2, 0) is 0 Å². The summed E-state index contributed by atoms with van der Waals surface area (Å²) in [5, 5.41) is 22.0. The van der Waals surface area contributed by atoms with E-state index in [0.29, 0.717) is 0 Å². The Morgan fingerprint density at radius 3 is 0.722 bits per heavy atom. The third-order valence-electron chi connectivity index (χ3n) is 0. The van der Waals surface area contributed by atoms with Gasteiger partial charge in [-0.25, -0.2) is 11.8 Å². The normalized spacial score (nSPS) is 1.78. The molecule has 13 N–H and O–H groups in total. The Bertz CT molecular complexity index is 45.1. The second kappa shape index (κ2) is 6790. The van der Waals surface area contributed by atoms with Gasteiger partial charge < -0.3 is 37.6 Å². The molecular weight excluding hydrogens is 264 g/mol. The SMILES string of the molecule is C.C.C.C.N.NO.NO.O.O.O=N[O-].O=O.O=O. The Morgan fingerprint density at radius 1 is 0.722 bits per heavy atom. The molecule has 0 rings (SSSR count). The Kier molecular flexibility index (Phi) is 77500. The van der Waals surface area contributed by atoms with Crippen LogP contribution in [-0.4, -0.2) is 21.4 Å². The average Bonchev–Trinajstić information content (AvgIpc) is 2.18. The van der Waals surface area contributed by atoms with Crippen LogP contribution < -0.4 is 17.9 Å². The van der Waals surface area contributed by atoms with Crippen molar-refractivity contribution in [3.8, 4) is 0 Å². The summed E-state index contributed by atoms with van der Waals surface area (Å²) in [6.07, 6.45) is 0. The van der Waals surface area contributed by atoms with Crippen molar-refractivity contribution in [2.24, 2.45) is 17.1 Å². The Balaban J connectivity index is -0.00000000230. The first kappa shape index (κ1) is 205. The van der Waals surface area contributed by atoms with Crippen LogP contribution in [0.4, 0.5) is 0 Å². The summed E-state index contributed by atoms with van der Waals surface area (Å²) >= 11 is 0. The van der Waals surface area contributed by atoms with Gasteiger partial charge in [0.2, 0.25) is 0 Å². The van der Waals surface area contributed by atoms with Crippen LogP contribution in [0.25, 0.3) is 0 Å². The van der Waals surface area contributed by atoms with E-state index in [-0.39, 0.29) is 46.8 Å². The van der Waals surface area contributed by atoms with E-state index in [0.717, 1.165) is 5.34 Å². The van der Waals surface area contributed by atoms with Gasteiger partial charge in [-0.3, -0.25) is 0 Å². The van der Waals surface area contributed by atoms with Crippen molar-refractivity contribution < 1.29 is 21.4 Å². The van der Waals surface area contributed by atoms with Crippen LogP contribution in [0, 0.1) is 30.0 Å². The molecule has 0 aliphatic heterocycles. The van der Waals surface area contributed by atoms with Gasteiger partial charge in [0.25, 0.3) is 0 Å². The molecule has 0 aromatic heterocycles. The van der Waals surface area contributed by atoms with Crippen LogP contribution in [0.2, 0.25) is 0 Å². The van der Waals surface area contributed by atoms with Gasteiger partial charge in [-0.05, 0) is 0 Å². The van der Waals surface area contributed by atoms with E-state index in [4.69, 9.17) is 40.4 Å². The molecule has 0 bridgehead atoms. The zero-order chi connectivity index (χ0) is 10.7. The van der Waals surface area contributed by atoms with Gasteiger partial charge in [-0.15, -0.1) is 5.34 Å². The highest BCUT2D eigenvalue weighted by molar-refractivity contribution is 4.21. The number of rotatable bonds is 0. The van der Waals surface area contributed by atoms with E-state index < -0.39 is 0 Å². The molecule has 0 fully saturated rings. The Morgan fingerprint density at radius 2 is 0.722 bits per heavy atom. The highest BCUT2D eigenvalue weighted by Gasteiger charge is 0.959. The number of hydrogen-bond acceptors (Lipinski definition) is 12. The second-order valence-electron chi connectivity index (χ2n) is 0.0745. The highest BCUT2D eigenvalue weighted by Crippen LogP contribution is 1.34. The minimum atomic E-state index is 0. The lowest BCUT2D eigenvalue weighted by Crippen LogP contribution is -1.72. The molecule has 0 unspecified atom stereocenters. The van der Waals surface area contributed by atoms with Crippen LogP contribution >= 0.6 is 0 Å². The summed E-state index contributed by atoms with van der Waals surface area (Å²) in [6.45, 7) is 0. The molecule has 0 amide bonds. The fourth-order valence-electron chi connectivity index (χ4n) is 0. The molecule has 0 aliphatic carbocycles. The molecule has 0 aromatic rings. The lowest BCUT2D eigenvalue weighted by molar-refractivity contribution is 0.311. The summed E-state index contributed by atoms with van der Waals surface area (Å²) in [6, 6.07) is 0. The molecule has 0 saturated carbocycles. The minimum absolute atomic E-state index is 0. The summed E-state index contributed by atoms with van der Waals surface area (Å²) < 4.78 is 0. The van der Waals surface area contributed by atoms with Gasteiger partial charge >= 0.3 is 0 Å². The van der Waals surface area contributed by atoms with Gasteiger partial charge in [0.15, 0.2) is 0 Å². The highest BCUT2D eigenvalue weighted by atomic mass is 16.7. The summed E-state index contributed by atoms with van der Waals surface area (Å²) in [4.78, 5) is 36.0. The van der Waals surface area contributed by atoms with Gasteiger partial charge in [0, 0.05) is 19.9 Å². The molecule has 0 heterocycles. The molecule has 0 aliphatic rings. The predicted molar refractivity (Wildman–Crippen MR) is 73.8 cm³/mol. The minimum Gasteiger partial charge on any atom is -0.444 e. The number of nitrogens with two attached hydrogens (primary N) is 2. The van der Waals surface area contributed by atoms with Gasteiger partial charge in [-0.2, -0.15) is 0 Å². The molecule has 126 valence electrons. The van der Waals surface area contributed by atoms with Gasteiger partial charge in [0.05, 0.1) is 0 Å². The molecule has 0 atom stereocenters. The largest absolute Gasteiger partial charge is 0.444 e. The van der Waals surface area contributed by atoms with E-state index in [1.54, 1.807) is 0 Å². The Hall–Kier alpha value is -1.68. The topological polar surface area (TPSA) is 311 Å². The summed E-state index contributed by atoms with van der Waals surface area (Å²) in [7, 11) is 0. The first-order chi connectivity index (χ1) is 5.41. The van der Waals surface area contributed by atoms with E-state index in [1.807, 2.05) is 0 Å². The zero-order valence-corrected chi connectivity index (χ0v) is 6.65. The number of hydrogen-bond donors (Lipinski definition) is 5. The van der Waals surface area contributed by atoms with Crippen molar-refractivity contribution >= 4 is 0 Å². The fourth-order valence-corrected chi connectivity index (χ4v) is 0. The molecule has 0 radical (unpaired) electrons. The van der Waals surface area contributed by atoms with Crippen molar-refractivity contribution in [1.82, 2.24) is 6.15 Å². The van der Waals surface area contributed by atoms with Crippen molar-refractivity contribution in [2.45, 2.75) is 29.7 Å². The summed E-state index contributed by atoms with van der Waals surface area (Å²) in [5.41, 5.74) is 0. The standard InChI is InChI=1S/4CH4.HNO2.2H3NO.H3N.2O2.2H2O/c;;;;2-1-3;2*1-2;;2*1-2;;/h4*1H4;(H,2,3);2*2H,1H2;1H3;;;2*1H2/p-1. The molecule has 0 saturated heterocycles. The lowest BCUT2D eigenvalue weighted by atomic mass is 12.0. The maximum Gasteiger partial charge on any atom is 0 e. The van der Waals surface area contributed by atoms with E-state index in [2.05, 4.69) is 11.8 Å². The maximum atomic E-state index is 8.00. The smallest absolute Gasteiger partial charge is 0 e. The Labute approximate surface area is 105 Å². The fraction of sp³-hybridized carbons (Fsp3) is 1.00. The molecular formula is C4H29N4O10-. The maximum absolute atomic E-state index is 8.00. The molecule has 14 heteroatoms. The zero-order valence-electron chi connectivity index (χ0n) is 6.65. The predicted octanol–water partition coefficient (Wildman–Crippen LogP) is 0.110. The van der Waals surface area contributed by atoms with Crippen LogP contribution in [0.3, 0.4) is 0 Å². The quantitative estimate of drug-likeness (QED) is 0.294. The van der Waals surface area contributed by atoms with Gasteiger partial charge in [-0.1, -0.05) is 29.7 Å². The van der Waals surface area contributed by atoms with E-state index in [9.17, 15) is 0 Å². The van der Waals surface area contributed by atoms with Crippen molar-refractivity contribution in [3.63, 3.8) is 0 Å². The average molecular weight is 293 g/mol. The lowest BCUT2D eigenvalue weighted by Gasteiger charge is -1.51.